The Kier molecular flexibility index (Phi) is 7.64. The Morgan fingerprint density at radius 1 is 0.484 bits per heavy atom. The molecule has 0 amide bonds. The van der Waals surface area contributed by atoms with Crippen LogP contribution >= 0.6 is 0 Å². The van der Waals surface area contributed by atoms with E-state index in [1.165, 1.54) is 0 Å². The molecule has 0 aromatic rings. The zero-order valence-electron chi connectivity index (χ0n) is 20.2. The first-order chi connectivity index (χ1) is 14.6. The summed E-state index contributed by atoms with van der Waals surface area (Å²) in [4.78, 5) is 4.80. The van der Waals surface area contributed by atoms with Gasteiger partial charge in [0.2, 0.25) is 0 Å². The summed E-state index contributed by atoms with van der Waals surface area (Å²) in [6.45, 7) is 18.4. The minimum absolute atomic E-state index is 0.111. The van der Waals surface area contributed by atoms with Crippen molar-refractivity contribution in [2.45, 2.75) is 96.7 Å². The first-order valence-corrected chi connectivity index (χ1v) is 16.0. The lowest BCUT2D eigenvalue weighted by molar-refractivity contribution is -0.0817. The maximum atomic E-state index is 6.53. The smallest absolute Gasteiger partial charge is 0.369 e. The monoisotopic (exact) mass is 474 g/mol. The summed E-state index contributed by atoms with van der Waals surface area (Å²) in [5.41, 5.74) is 0. The second-order valence-electron chi connectivity index (χ2n) is 10.2. The van der Waals surface area contributed by atoms with Gasteiger partial charge in [0.1, 0.15) is 0 Å². The Morgan fingerprint density at radius 2 is 0.710 bits per heavy atom. The molecule has 0 spiro atoms. The predicted molar refractivity (Wildman–Crippen MR) is 122 cm³/mol. The molecule has 6 rings (SSSR count). The van der Waals surface area contributed by atoms with Gasteiger partial charge in [-0.05, 0) is 48.0 Å². The van der Waals surface area contributed by atoms with E-state index in [2.05, 4.69) is 51.3 Å². The third-order valence-electron chi connectivity index (χ3n) is 6.34. The molecule has 10 heteroatoms. The molecule has 0 aromatic heterocycles. The van der Waals surface area contributed by atoms with Gasteiger partial charge >= 0.3 is 17.6 Å². The lowest BCUT2D eigenvalue weighted by Crippen LogP contribution is -2.62. The van der Waals surface area contributed by atoms with E-state index in [1.54, 1.807) is 0 Å². The third-order valence-corrected chi connectivity index (χ3v) is 12.8. The lowest BCUT2D eigenvalue weighted by Gasteiger charge is -2.46. The van der Waals surface area contributed by atoms with E-state index < -0.39 is 17.6 Å². The summed E-state index contributed by atoms with van der Waals surface area (Å²) in [5.74, 6) is 0. The standard InChI is InChI=1S/C21H42N2O6Si2/c1-16-10-22-11-17(2)25-30(24-16,26-18(3)12-22)8-7-9-31-27-19(4)13-23(14-20(5)28-31)15-21(6)29-31/h16-21H,7-15H2,1-6H3. The van der Waals surface area contributed by atoms with Gasteiger partial charge < -0.3 is 26.6 Å². The summed E-state index contributed by atoms with van der Waals surface area (Å²) in [6, 6.07) is 1.56. The van der Waals surface area contributed by atoms with Gasteiger partial charge in [-0.25, -0.2) is 0 Å². The molecular formula is C21H42N2O6Si2. The van der Waals surface area contributed by atoms with Crippen LogP contribution in [0.2, 0.25) is 12.1 Å². The van der Waals surface area contributed by atoms with Crippen LogP contribution in [0.15, 0.2) is 0 Å². The fourth-order valence-electron chi connectivity index (χ4n) is 5.73. The van der Waals surface area contributed by atoms with Gasteiger partial charge in [0, 0.05) is 51.4 Å². The van der Waals surface area contributed by atoms with Crippen molar-refractivity contribution >= 4 is 17.6 Å². The molecule has 180 valence electrons. The summed E-state index contributed by atoms with van der Waals surface area (Å²) in [7, 11) is -5.60. The molecule has 6 aliphatic rings. The summed E-state index contributed by atoms with van der Waals surface area (Å²) >= 11 is 0. The Bertz CT molecular complexity index is 494. The maximum Gasteiger partial charge on any atom is 0.501 e. The van der Waals surface area contributed by atoms with Crippen molar-refractivity contribution in [3.8, 4) is 0 Å². The Morgan fingerprint density at radius 3 is 0.935 bits per heavy atom. The van der Waals surface area contributed by atoms with Crippen molar-refractivity contribution in [1.82, 2.24) is 9.80 Å². The number of nitrogens with zero attached hydrogens (tertiary/aromatic N) is 2. The molecule has 0 N–H and O–H groups in total. The average Bonchev–Trinajstić information content (AvgIpc) is 2.55. The molecule has 0 radical (unpaired) electrons. The zero-order chi connectivity index (χ0) is 22.2. The molecule has 0 aliphatic carbocycles. The highest BCUT2D eigenvalue weighted by Crippen LogP contribution is 2.33. The molecule has 6 heterocycles. The van der Waals surface area contributed by atoms with E-state index in [0.717, 1.165) is 57.8 Å². The first kappa shape index (κ1) is 24.2. The minimum atomic E-state index is -2.80. The van der Waals surface area contributed by atoms with Crippen molar-refractivity contribution in [1.29, 1.82) is 0 Å². The summed E-state index contributed by atoms with van der Waals surface area (Å²) < 4.78 is 39.2. The van der Waals surface area contributed by atoms with Gasteiger partial charge in [-0.3, -0.25) is 9.80 Å². The molecular weight excluding hydrogens is 432 g/mol. The third kappa shape index (κ3) is 6.17. The predicted octanol–water partition coefficient (Wildman–Crippen LogP) is 2.34. The van der Waals surface area contributed by atoms with E-state index in [0.29, 0.717) is 0 Å². The fourth-order valence-corrected chi connectivity index (χ4v) is 12.5. The normalized spacial score (nSPS) is 51.3. The summed E-state index contributed by atoms with van der Waals surface area (Å²) in [6.07, 6.45) is 1.53. The molecule has 31 heavy (non-hydrogen) atoms. The van der Waals surface area contributed by atoms with Gasteiger partial charge in [0.15, 0.2) is 0 Å². The van der Waals surface area contributed by atoms with Crippen molar-refractivity contribution in [2.24, 2.45) is 0 Å². The second kappa shape index (κ2) is 9.77. The van der Waals surface area contributed by atoms with Gasteiger partial charge in [0.05, 0.1) is 36.6 Å². The topological polar surface area (TPSA) is 61.9 Å². The summed E-state index contributed by atoms with van der Waals surface area (Å²) in [5, 5.41) is 0. The SMILES string of the molecule is CC1CN2CC(C)O[Si](CCC[Si]34OC(C)CN(CC(C)O3)CC(C)O4)(O1)OC(C)C2. The van der Waals surface area contributed by atoms with Gasteiger partial charge in [-0.2, -0.15) is 0 Å². The number of hydrogen-bond acceptors (Lipinski definition) is 8. The number of rotatable bonds is 4. The van der Waals surface area contributed by atoms with Crippen molar-refractivity contribution in [3.63, 3.8) is 0 Å². The molecule has 4 bridgehead atoms. The quantitative estimate of drug-likeness (QED) is 0.576. The van der Waals surface area contributed by atoms with Crippen LogP contribution in [0.5, 0.6) is 0 Å². The minimum Gasteiger partial charge on any atom is -0.369 e. The Labute approximate surface area is 190 Å². The number of fused-ring (bicyclic) bond motifs is 12. The molecule has 6 aliphatic heterocycles. The Balaban J connectivity index is 1.48. The largest absolute Gasteiger partial charge is 0.501 e. The van der Waals surface area contributed by atoms with Crippen LogP contribution < -0.4 is 0 Å². The van der Waals surface area contributed by atoms with Crippen molar-refractivity contribution in [3.05, 3.63) is 0 Å². The van der Waals surface area contributed by atoms with Crippen LogP contribution in [0.4, 0.5) is 0 Å². The highest BCUT2D eigenvalue weighted by atomic mass is 28.4. The zero-order valence-corrected chi connectivity index (χ0v) is 22.2. The fraction of sp³-hybridized carbons (Fsp3) is 1.00. The maximum absolute atomic E-state index is 6.53. The van der Waals surface area contributed by atoms with E-state index in [1.807, 2.05) is 0 Å². The van der Waals surface area contributed by atoms with Gasteiger partial charge in [-0.15, -0.1) is 0 Å². The highest BCUT2D eigenvalue weighted by Gasteiger charge is 2.52. The van der Waals surface area contributed by atoms with Gasteiger partial charge in [-0.1, -0.05) is 0 Å². The average molecular weight is 475 g/mol. The highest BCUT2D eigenvalue weighted by molar-refractivity contribution is 6.62. The molecule has 6 atom stereocenters. The molecule has 0 aromatic carbocycles. The van der Waals surface area contributed by atoms with E-state index in [4.69, 9.17) is 26.6 Å². The Hall–Kier alpha value is 0.114. The van der Waals surface area contributed by atoms with Crippen molar-refractivity contribution < 1.29 is 26.6 Å². The van der Waals surface area contributed by atoms with Crippen LogP contribution in [-0.4, -0.2) is 103 Å². The van der Waals surface area contributed by atoms with E-state index in [-0.39, 0.29) is 36.6 Å². The van der Waals surface area contributed by atoms with E-state index in [9.17, 15) is 0 Å². The number of hydrogen-bond donors (Lipinski definition) is 0. The second-order valence-corrected chi connectivity index (χ2v) is 15.4. The first-order valence-electron chi connectivity index (χ1n) is 12.2. The van der Waals surface area contributed by atoms with Crippen LogP contribution in [-0.2, 0) is 26.6 Å². The van der Waals surface area contributed by atoms with Crippen molar-refractivity contribution in [2.75, 3.05) is 39.3 Å². The molecule has 0 saturated carbocycles. The van der Waals surface area contributed by atoms with Crippen LogP contribution in [0.1, 0.15) is 48.0 Å². The van der Waals surface area contributed by atoms with E-state index >= 15 is 0 Å². The molecule has 6 saturated heterocycles. The van der Waals surface area contributed by atoms with Crippen LogP contribution in [0.3, 0.4) is 0 Å². The van der Waals surface area contributed by atoms with Crippen LogP contribution in [0.25, 0.3) is 0 Å². The van der Waals surface area contributed by atoms with Crippen LogP contribution in [0, 0.1) is 0 Å². The molecule has 6 fully saturated rings. The molecule has 6 unspecified atom stereocenters. The lowest BCUT2D eigenvalue weighted by atomic mass is 10.2. The van der Waals surface area contributed by atoms with Gasteiger partial charge in [0.25, 0.3) is 0 Å². The molecule has 8 nitrogen and oxygen atoms in total.